The number of carbonyl (C=O) groups excluding carboxylic acids is 1. The van der Waals surface area contributed by atoms with E-state index < -0.39 is 6.04 Å². The molecule has 8 nitrogen and oxygen atoms in total. The molecular formula is C30H39N5O3S. The maximum atomic E-state index is 13.8. The van der Waals surface area contributed by atoms with E-state index in [9.17, 15) is 4.79 Å². The summed E-state index contributed by atoms with van der Waals surface area (Å²) in [5, 5.41) is 11.9. The van der Waals surface area contributed by atoms with Gasteiger partial charge in [-0.05, 0) is 74.9 Å². The van der Waals surface area contributed by atoms with Crippen molar-refractivity contribution in [3.63, 3.8) is 0 Å². The first-order valence-corrected chi connectivity index (χ1v) is 14.6. The van der Waals surface area contributed by atoms with Gasteiger partial charge in [-0.15, -0.1) is 5.10 Å². The molecule has 3 aromatic rings. The van der Waals surface area contributed by atoms with Gasteiger partial charge >= 0.3 is 0 Å². The van der Waals surface area contributed by atoms with Gasteiger partial charge in [-0.25, -0.2) is 4.68 Å². The Hall–Kier alpha value is -3.46. The summed E-state index contributed by atoms with van der Waals surface area (Å²) in [5.74, 6) is 3.19. The van der Waals surface area contributed by atoms with Gasteiger partial charge in [0, 0.05) is 17.1 Å². The van der Waals surface area contributed by atoms with Crippen LogP contribution in [-0.2, 0) is 4.79 Å². The number of fused-ring (bicyclic) bond motifs is 1. The smallest absolute Gasteiger partial charge is 0.255 e. The number of thioether (sulfide) groups is 1. The van der Waals surface area contributed by atoms with E-state index in [0.29, 0.717) is 47.3 Å². The second-order valence-electron chi connectivity index (χ2n) is 10.1. The molecule has 1 atom stereocenters. The highest BCUT2D eigenvalue weighted by molar-refractivity contribution is 7.99. The quantitative estimate of drug-likeness (QED) is 0.239. The van der Waals surface area contributed by atoms with Crippen LogP contribution in [0.2, 0.25) is 0 Å². The average molecular weight is 550 g/mol. The first kappa shape index (κ1) is 28.5. The molecule has 9 heteroatoms. The predicted octanol–water partition coefficient (Wildman–Crippen LogP) is 6.84. The molecule has 39 heavy (non-hydrogen) atoms. The number of nitrogens with one attached hydrogen (secondary N) is 2. The Kier molecular flexibility index (Phi) is 9.56. The van der Waals surface area contributed by atoms with Gasteiger partial charge in [-0.2, -0.15) is 4.98 Å². The van der Waals surface area contributed by atoms with Crippen LogP contribution >= 0.6 is 11.8 Å². The molecule has 0 radical (unpaired) electrons. The van der Waals surface area contributed by atoms with Crippen LogP contribution in [0, 0.1) is 12.8 Å². The fourth-order valence-electron chi connectivity index (χ4n) is 4.40. The molecule has 1 amide bonds. The SMILES string of the molecule is CCCSc1nc2n(n1)C(c1ccc(OCC)c(OCCC(C)C)c1)C(C(=O)Nc1cccc(C)c1)=C(C)N2. The van der Waals surface area contributed by atoms with Crippen LogP contribution in [0.1, 0.15) is 64.6 Å². The number of benzene rings is 2. The Morgan fingerprint density at radius 2 is 1.95 bits per heavy atom. The second kappa shape index (κ2) is 13.1. The minimum atomic E-state index is -0.502. The Morgan fingerprint density at radius 3 is 2.67 bits per heavy atom. The Balaban J connectivity index is 1.77. The third kappa shape index (κ3) is 6.95. The fourth-order valence-corrected chi connectivity index (χ4v) is 5.08. The molecular weight excluding hydrogens is 510 g/mol. The van der Waals surface area contributed by atoms with Gasteiger partial charge in [0.1, 0.15) is 6.04 Å². The van der Waals surface area contributed by atoms with Crippen molar-refractivity contribution in [2.75, 3.05) is 29.6 Å². The maximum absolute atomic E-state index is 13.8. The molecule has 2 N–H and O–H groups in total. The molecule has 1 aromatic heterocycles. The van der Waals surface area contributed by atoms with E-state index in [1.807, 2.05) is 67.9 Å². The van der Waals surface area contributed by atoms with Crippen molar-refractivity contribution in [2.24, 2.45) is 5.92 Å². The van der Waals surface area contributed by atoms with E-state index in [-0.39, 0.29) is 5.91 Å². The van der Waals surface area contributed by atoms with Gasteiger partial charge in [-0.1, -0.05) is 50.7 Å². The van der Waals surface area contributed by atoms with Crippen molar-refractivity contribution in [1.29, 1.82) is 0 Å². The molecule has 0 saturated heterocycles. The molecule has 0 aliphatic carbocycles. The molecule has 0 fully saturated rings. The number of aryl methyl sites for hydroxylation is 1. The molecule has 208 valence electrons. The number of amides is 1. The second-order valence-corrected chi connectivity index (χ2v) is 11.1. The highest BCUT2D eigenvalue weighted by Gasteiger charge is 2.35. The molecule has 2 heterocycles. The Bertz CT molecular complexity index is 1330. The van der Waals surface area contributed by atoms with Crippen molar-refractivity contribution in [2.45, 2.75) is 65.6 Å². The van der Waals surface area contributed by atoms with Crippen molar-refractivity contribution in [3.05, 3.63) is 64.9 Å². The number of ether oxygens (including phenoxy) is 2. The third-order valence-electron chi connectivity index (χ3n) is 6.33. The number of hydrogen-bond acceptors (Lipinski definition) is 7. The van der Waals surface area contributed by atoms with Gasteiger partial charge in [0.05, 0.1) is 18.8 Å². The van der Waals surface area contributed by atoms with Gasteiger partial charge in [0.2, 0.25) is 11.1 Å². The maximum Gasteiger partial charge on any atom is 0.255 e. The van der Waals surface area contributed by atoms with Crippen LogP contribution < -0.4 is 20.1 Å². The summed E-state index contributed by atoms with van der Waals surface area (Å²) in [4.78, 5) is 18.6. The summed E-state index contributed by atoms with van der Waals surface area (Å²) in [5.41, 5.74) is 3.98. The van der Waals surface area contributed by atoms with Gasteiger partial charge in [-0.3, -0.25) is 4.79 Å². The minimum Gasteiger partial charge on any atom is -0.490 e. The van der Waals surface area contributed by atoms with Crippen molar-refractivity contribution in [1.82, 2.24) is 14.8 Å². The van der Waals surface area contributed by atoms with Crippen LogP contribution in [-0.4, -0.2) is 39.6 Å². The number of hydrogen-bond donors (Lipinski definition) is 2. The molecule has 0 spiro atoms. The summed E-state index contributed by atoms with van der Waals surface area (Å²) >= 11 is 1.61. The summed E-state index contributed by atoms with van der Waals surface area (Å²) in [6.45, 7) is 13.4. The van der Waals surface area contributed by atoms with E-state index in [1.165, 1.54) is 0 Å². The number of carbonyl (C=O) groups is 1. The van der Waals surface area contributed by atoms with Crippen LogP contribution in [0.15, 0.2) is 58.9 Å². The molecule has 0 saturated carbocycles. The van der Waals surface area contributed by atoms with E-state index in [0.717, 1.165) is 41.1 Å². The lowest BCUT2D eigenvalue weighted by atomic mass is 9.94. The standard InChI is InChI=1S/C30H39N5O3S/c1-7-16-39-30-33-29-31-21(6)26(28(36)32-23-11-9-10-20(5)17-23)27(35(29)34-30)22-12-13-24(37-8-2)25(18-22)38-15-14-19(3)4/h9-13,17-19,27H,7-8,14-16H2,1-6H3,(H,32,36)(H,31,33,34). The lowest BCUT2D eigenvalue weighted by molar-refractivity contribution is -0.113. The van der Waals surface area contributed by atoms with E-state index in [2.05, 4.69) is 31.4 Å². The molecule has 0 bridgehead atoms. The normalized spacial score (nSPS) is 14.7. The molecule has 2 aromatic carbocycles. The molecule has 1 unspecified atom stereocenters. The minimum absolute atomic E-state index is 0.198. The summed E-state index contributed by atoms with van der Waals surface area (Å²) in [7, 11) is 0. The largest absolute Gasteiger partial charge is 0.490 e. The average Bonchev–Trinajstić information content (AvgIpc) is 3.29. The lowest BCUT2D eigenvalue weighted by Crippen LogP contribution is -2.31. The van der Waals surface area contributed by atoms with Gasteiger partial charge in [0.25, 0.3) is 5.91 Å². The van der Waals surface area contributed by atoms with E-state index >= 15 is 0 Å². The summed E-state index contributed by atoms with van der Waals surface area (Å²) < 4.78 is 13.9. The van der Waals surface area contributed by atoms with E-state index in [4.69, 9.17) is 19.6 Å². The molecule has 1 aliphatic heterocycles. The van der Waals surface area contributed by atoms with Crippen LogP contribution in [0.25, 0.3) is 0 Å². The fraction of sp³-hybridized carbons (Fsp3) is 0.433. The lowest BCUT2D eigenvalue weighted by Gasteiger charge is -2.29. The monoisotopic (exact) mass is 549 g/mol. The molecule has 1 aliphatic rings. The first-order valence-electron chi connectivity index (χ1n) is 13.6. The van der Waals surface area contributed by atoms with Crippen molar-refractivity contribution < 1.29 is 14.3 Å². The van der Waals surface area contributed by atoms with Crippen molar-refractivity contribution >= 4 is 29.3 Å². The zero-order chi connectivity index (χ0) is 27.9. The van der Waals surface area contributed by atoms with Gasteiger partial charge < -0.3 is 20.1 Å². The predicted molar refractivity (Wildman–Crippen MR) is 158 cm³/mol. The zero-order valence-corrected chi connectivity index (χ0v) is 24.5. The Labute approximate surface area is 235 Å². The number of allylic oxidation sites excluding steroid dienone is 1. The highest BCUT2D eigenvalue weighted by atomic mass is 32.2. The zero-order valence-electron chi connectivity index (χ0n) is 23.7. The number of rotatable bonds is 12. The summed E-state index contributed by atoms with van der Waals surface area (Å²) in [6.07, 6.45) is 1.94. The Morgan fingerprint density at radius 1 is 1.13 bits per heavy atom. The number of anilines is 2. The number of nitrogens with zero attached hydrogens (tertiary/aromatic N) is 3. The summed E-state index contributed by atoms with van der Waals surface area (Å²) in [6, 6.07) is 13.2. The van der Waals surface area contributed by atoms with Crippen LogP contribution in [0.4, 0.5) is 11.6 Å². The number of aromatic nitrogens is 3. The van der Waals surface area contributed by atoms with Crippen LogP contribution in [0.5, 0.6) is 11.5 Å². The highest BCUT2D eigenvalue weighted by Crippen LogP contribution is 2.40. The van der Waals surface area contributed by atoms with Gasteiger partial charge in [0.15, 0.2) is 11.5 Å². The molecule has 4 rings (SSSR count). The van der Waals surface area contributed by atoms with Crippen molar-refractivity contribution in [3.8, 4) is 11.5 Å². The third-order valence-corrected chi connectivity index (χ3v) is 7.37. The topological polar surface area (TPSA) is 90.3 Å². The van der Waals surface area contributed by atoms with E-state index in [1.54, 1.807) is 11.8 Å². The first-order chi connectivity index (χ1) is 18.8. The van der Waals surface area contributed by atoms with Crippen LogP contribution in [0.3, 0.4) is 0 Å².